The maximum Gasteiger partial charge on any atom is 1.00 e. The number of nitrogens with zero attached hydrogens (tertiary/aromatic N) is 3. The molecule has 0 spiro atoms. The van der Waals surface area contributed by atoms with E-state index in [1.165, 1.54) is 0 Å². The SMILES string of the molecule is CC(C)(C)OC(=O)N1CCC(=O)C(c2ccccc2)C1.CC(C)(C)OC(=O)N1CC[C@@H](O)[C@@H](c2ccccc2)C1.CC(C)(C)OC(=O)N1CC[C@@H](O)[C@H](c2ccccc2)C1.[B].[H-].[Na+]. The van der Waals surface area contributed by atoms with Gasteiger partial charge in [-0.05, 0) is 91.8 Å². The Kier molecular flexibility index (Phi) is 21.2. The first kappa shape index (κ1) is 54.3. The van der Waals surface area contributed by atoms with Crippen LogP contribution in [0.4, 0.5) is 14.4 Å². The smallest absolute Gasteiger partial charge is 1.00 e. The van der Waals surface area contributed by atoms with Crippen molar-refractivity contribution in [1.82, 2.24) is 14.7 Å². The van der Waals surface area contributed by atoms with E-state index in [1.807, 2.05) is 153 Å². The number of Topliss-reactive ketones (excluding diaryl/α,β-unsaturated/α-hetero) is 1. The Bertz CT molecular complexity index is 1760. The summed E-state index contributed by atoms with van der Waals surface area (Å²) < 4.78 is 16.2. The Hall–Kier alpha value is -3.88. The molecule has 2 N–H and O–H groups in total. The van der Waals surface area contributed by atoms with Crippen molar-refractivity contribution in [2.24, 2.45) is 0 Å². The fourth-order valence-corrected chi connectivity index (χ4v) is 7.22. The van der Waals surface area contributed by atoms with Crippen molar-refractivity contribution < 1.29 is 74.6 Å². The van der Waals surface area contributed by atoms with Gasteiger partial charge in [-0.3, -0.25) is 4.79 Å². The van der Waals surface area contributed by atoms with Gasteiger partial charge in [0.15, 0.2) is 0 Å². The molecule has 3 aromatic rings. The van der Waals surface area contributed by atoms with Gasteiger partial charge in [0.1, 0.15) is 22.6 Å². The third kappa shape index (κ3) is 17.7. The number of hydrogen-bond donors (Lipinski definition) is 2. The predicted molar refractivity (Wildman–Crippen MR) is 239 cm³/mol. The summed E-state index contributed by atoms with van der Waals surface area (Å²) in [5, 5.41) is 20.4. The van der Waals surface area contributed by atoms with Gasteiger partial charge in [-0.2, -0.15) is 0 Å². The number of ketones is 1. The van der Waals surface area contributed by atoms with E-state index in [9.17, 15) is 29.4 Å². The number of piperidine rings is 3. The molecular formula is C48H68BN3NaO9. The summed E-state index contributed by atoms with van der Waals surface area (Å²) in [7, 11) is 0. The second kappa shape index (κ2) is 24.3. The number of aliphatic hydroxyl groups excluding tert-OH is 2. The molecule has 0 aliphatic carbocycles. The zero-order chi connectivity index (χ0) is 44.3. The standard InChI is InChI=1S/2C16H23NO3.C16H21NO3.B.Na.H/c3*1-16(2,3)20-15(19)17-10-9-14(18)13(11-17)12-7-5-4-6-8-12;;;/h2*4-8,13-14,18H,9-11H2,1-3H3;4-8,13H,9-11H2,1-3H3;;;/q;;;;+1;-1/t13-,14+;13-,14-;;;;/m01..../s1. The van der Waals surface area contributed by atoms with E-state index in [0.717, 1.165) is 16.7 Å². The molecule has 0 saturated carbocycles. The van der Waals surface area contributed by atoms with E-state index in [-0.39, 0.29) is 81.2 Å². The zero-order valence-corrected chi connectivity index (χ0v) is 40.6. The molecule has 3 heterocycles. The van der Waals surface area contributed by atoms with Crippen LogP contribution in [0.2, 0.25) is 0 Å². The number of carbonyl (C=O) groups is 4. The minimum atomic E-state index is -0.513. The van der Waals surface area contributed by atoms with Gasteiger partial charge >= 0.3 is 47.8 Å². The van der Waals surface area contributed by atoms with E-state index in [4.69, 9.17) is 14.2 Å². The summed E-state index contributed by atoms with van der Waals surface area (Å²) >= 11 is 0. The fraction of sp³-hybridized carbons (Fsp3) is 0.542. The Morgan fingerprint density at radius 2 is 0.839 bits per heavy atom. The number of aliphatic hydroxyl groups is 2. The molecule has 0 bridgehead atoms. The van der Waals surface area contributed by atoms with Crippen LogP contribution in [0.1, 0.15) is 117 Å². The predicted octanol–water partition coefficient (Wildman–Crippen LogP) is 5.26. The van der Waals surface area contributed by atoms with Gasteiger partial charge < -0.3 is 40.6 Å². The molecule has 3 aliphatic rings. The van der Waals surface area contributed by atoms with E-state index in [2.05, 4.69) is 0 Å². The first-order valence-electron chi connectivity index (χ1n) is 21.1. The van der Waals surface area contributed by atoms with Crippen LogP contribution in [0.5, 0.6) is 0 Å². The molecule has 6 rings (SSSR count). The number of carbonyl (C=O) groups excluding carboxylic acids is 4. The van der Waals surface area contributed by atoms with Crippen LogP contribution in [0.15, 0.2) is 91.0 Å². The topological polar surface area (TPSA) is 146 Å². The van der Waals surface area contributed by atoms with E-state index in [0.29, 0.717) is 58.5 Å². The Balaban J connectivity index is 0.000000462. The maximum atomic E-state index is 12.1. The van der Waals surface area contributed by atoms with Crippen LogP contribution in [-0.2, 0) is 19.0 Å². The van der Waals surface area contributed by atoms with Gasteiger partial charge in [-0.15, -0.1) is 0 Å². The van der Waals surface area contributed by atoms with Gasteiger partial charge in [0.2, 0.25) is 0 Å². The molecule has 3 aromatic carbocycles. The van der Waals surface area contributed by atoms with Crippen molar-refractivity contribution in [3.63, 3.8) is 0 Å². The van der Waals surface area contributed by atoms with Crippen LogP contribution in [0.3, 0.4) is 0 Å². The molecule has 0 aromatic heterocycles. The summed E-state index contributed by atoms with van der Waals surface area (Å²) in [6, 6.07) is 29.3. The third-order valence-corrected chi connectivity index (χ3v) is 10.2. The molecular weight excluding hydrogens is 796 g/mol. The summed E-state index contributed by atoms with van der Waals surface area (Å²) in [6.45, 7) is 19.6. The molecule has 5 atom stereocenters. The summed E-state index contributed by atoms with van der Waals surface area (Å²) in [5.41, 5.74) is 1.60. The van der Waals surface area contributed by atoms with Crippen molar-refractivity contribution >= 4 is 32.5 Å². The normalized spacial score (nSPS) is 21.6. The van der Waals surface area contributed by atoms with Gasteiger partial charge in [-0.1, -0.05) is 91.0 Å². The molecule has 14 heteroatoms. The molecule has 3 aliphatic heterocycles. The van der Waals surface area contributed by atoms with Gasteiger partial charge in [-0.25, -0.2) is 14.4 Å². The molecule has 333 valence electrons. The van der Waals surface area contributed by atoms with Crippen molar-refractivity contribution in [2.45, 2.75) is 128 Å². The van der Waals surface area contributed by atoms with Crippen molar-refractivity contribution in [1.29, 1.82) is 0 Å². The summed E-state index contributed by atoms with van der Waals surface area (Å²) in [5.74, 6) is -0.136. The van der Waals surface area contributed by atoms with Gasteiger partial charge in [0.05, 0.1) is 18.1 Å². The average Bonchev–Trinajstić information content (AvgIpc) is 3.18. The second-order valence-electron chi connectivity index (χ2n) is 18.7. The molecule has 3 saturated heterocycles. The van der Waals surface area contributed by atoms with Crippen LogP contribution in [-0.4, -0.2) is 126 Å². The van der Waals surface area contributed by atoms with Crippen LogP contribution >= 0.6 is 0 Å². The largest absolute Gasteiger partial charge is 1.00 e. The Morgan fingerprint density at radius 3 is 1.16 bits per heavy atom. The van der Waals surface area contributed by atoms with Gasteiger partial charge in [0, 0.05) is 65.9 Å². The van der Waals surface area contributed by atoms with Crippen LogP contribution in [0.25, 0.3) is 0 Å². The molecule has 12 nitrogen and oxygen atoms in total. The minimum Gasteiger partial charge on any atom is -1.00 e. The first-order valence-corrected chi connectivity index (χ1v) is 21.1. The fourth-order valence-electron chi connectivity index (χ4n) is 7.22. The minimum absolute atomic E-state index is 0. The van der Waals surface area contributed by atoms with Crippen molar-refractivity contribution in [3.05, 3.63) is 108 Å². The molecule has 3 fully saturated rings. The van der Waals surface area contributed by atoms with Crippen molar-refractivity contribution in [3.8, 4) is 0 Å². The third-order valence-electron chi connectivity index (χ3n) is 10.2. The monoisotopic (exact) mass is 864 g/mol. The zero-order valence-electron chi connectivity index (χ0n) is 39.6. The first-order chi connectivity index (χ1) is 28.1. The summed E-state index contributed by atoms with van der Waals surface area (Å²) in [6.07, 6.45) is -0.204. The molecule has 3 radical (unpaired) electrons. The Labute approximate surface area is 395 Å². The number of ether oxygens (including phenoxy) is 3. The molecule has 1 unspecified atom stereocenters. The van der Waals surface area contributed by atoms with Gasteiger partial charge in [0.25, 0.3) is 0 Å². The average molecular weight is 865 g/mol. The van der Waals surface area contributed by atoms with Crippen molar-refractivity contribution in [2.75, 3.05) is 39.3 Å². The number of likely N-dealkylation sites (tertiary alicyclic amines) is 3. The van der Waals surface area contributed by atoms with E-state index in [1.54, 1.807) is 14.7 Å². The number of benzene rings is 3. The molecule has 3 amide bonds. The Morgan fingerprint density at radius 1 is 0.532 bits per heavy atom. The van der Waals surface area contributed by atoms with E-state index < -0.39 is 29.0 Å². The van der Waals surface area contributed by atoms with Crippen LogP contribution < -0.4 is 29.6 Å². The maximum absolute atomic E-state index is 12.1. The quantitative estimate of drug-likeness (QED) is 0.266. The second-order valence-corrected chi connectivity index (χ2v) is 18.7. The number of hydrogen-bond acceptors (Lipinski definition) is 9. The number of rotatable bonds is 3. The molecule has 62 heavy (non-hydrogen) atoms. The summed E-state index contributed by atoms with van der Waals surface area (Å²) in [4.78, 5) is 53.4. The number of amides is 3. The van der Waals surface area contributed by atoms with Crippen LogP contribution in [0, 0.1) is 0 Å². The van der Waals surface area contributed by atoms with E-state index >= 15 is 0 Å².